The Labute approximate surface area is 158 Å². The molecule has 2 unspecified atom stereocenters. The van der Waals surface area contributed by atoms with E-state index >= 15 is 0 Å². The molecule has 3 atom stereocenters. The van der Waals surface area contributed by atoms with E-state index in [1.807, 2.05) is 0 Å². The van der Waals surface area contributed by atoms with Gasteiger partial charge < -0.3 is 10.4 Å². The number of carboxylic acids is 1. The minimum absolute atomic E-state index is 0.0748. The SMILES string of the molecule is CC(C)c1ccc([C@H]2Nc3c(Cl)ccc(C(=O)O)c3C3C=CCC32)cc1. The molecular weight excluding hydrogens is 346 g/mol. The fraction of sp³-hybridized carbons (Fsp3) is 0.318. The number of allylic oxidation sites excluding steroid dienone is 2. The molecule has 26 heavy (non-hydrogen) atoms. The fourth-order valence-electron chi connectivity index (χ4n) is 4.28. The van der Waals surface area contributed by atoms with Gasteiger partial charge in [-0.05, 0) is 47.1 Å². The average molecular weight is 368 g/mol. The summed E-state index contributed by atoms with van der Waals surface area (Å²) >= 11 is 6.45. The van der Waals surface area contributed by atoms with E-state index in [2.05, 4.69) is 55.6 Å². The third-order valence-corrected chi connectivity index (χ3v) is 5.98. The number of hydrogen-bond donors (Lipinski definition) is 2. The molecule has 2 N–H and O–H groups in total. The molecule has 0 bridgehead atoms. The molecule has 1 aliphatic carbocycles. The molecule has 0 saturated carbocycles. The molecule has 0 radical (unpaired) electrons. The van der Waals surface area contributed by atoms with Crippen molar-refractivity contribution in [1.29, 1.82) is 0 Å². The van der Waals surface area contributed by atoms with Crippen molar-refractivity contribution < 1.29 is 9.90 Å². The van der Waals surface area contributed by atoms with Crippen LogP contribution in [0.2, 0.25) is 5.02 Å². The molecular formula is C22H22ClNO2. The summed E-state index contributed by atoms with van der Waals surface area (Å²) in [6.45, 7) is 4.38. The van der Waals surface area contributed by atoms with Crippen LogP contribution >= 0.6 is 11.6 Å². The van der Waals surface area contributed by atoms with Gasteiger partial charge >= 0.3 is 5.97 Å². The molecule has 0 fully saturated rings. The lowest BCUT2D eigenvalue weighted by Crippen LogP contribution is -2.30. The van der Waals surface area contributed by atoms with Crippen LogP contribution in [0.25, 0.3) is 0 Å². The number of anilines is 1. The van der Waals surface area contributed by atoms with Gasteiger partial charge in [0.2, 0.25) is 0 Å². The first-order chi connectivity index (χ1) is 12.5. The lowest BCUT2D eigenvalue weighted by atomic mass is 9.75. The largest absolute Gasteiger partial charge is 0.478 e. The van der Waals surface area contributed by atoms with Crippen LogP contribution < -0.4 is 5.32 Å². The van der Waals surface area contributed by atoms with Crippen molar-refractivity contribution in [1.82, 2.24) is 0 Å². The Hall–Kier alpha value is -2.26. The number of rotatable bonds is 3. The third kappa shape index (κ3) is 2.71. The summed E-state index contributed by atoms with van der Waals surface area (Å²) in [7, 11) is 0. The predicted molar refractivity (Wildman–Crippen MR) is 105 cm³/mol. The number of aromatic carboxylic acids is 1. The zero-order valence-electron chi connectivity index (χ0n) is 14.9. The molecule has 3 nitrogen and oxygen atoms in total. The van der Waals surface area contributed by atoms with Crippen LogP contribution in [-0.2, 0) is 0 Å². The number of carbonyl (C=O) groups is 1. The maximum Gasteiger partial charge on any atom is 0.336 e. The van der Waals surface area contributed by atoms with Gasteiger partial charge in [-0.1, -0.05) is 61.9 Å². The Kier molecular flexibility index (Phi) is 4.28. The molecule has 2 aromatic carbocycles. The quantitative estimate of drug-likeness (QED) is 0.655. The van der Waals surface area contributed by atoms with Gasteiger partial charge in [0, 0.05) is 5.92 Å². The highest BCUT2D eigenvalue weighted by Crippen LogP contribution is 2.52. The highest BCUT2D eigenvalue weighted by atomic mass is 35.5. The van der Waals surface area contributed by atoms with Crippen LogP contribution in [0.3, 0.4) is 0 Å². The zero-order chi connectivity index (χ0) is 18.4. The lowest BCUT2D eigenvalue weighted by molar-refractivity contribution is 0.0695. The summed E-state index contributed by atoms with van der Waals surface area (Å²) in [5.41, 5.74) is 4.45. The predicted octanol–water partition coefficient (Wildman–Crippen LogP) is 5.99. The summed E-state index contributed by atoms with van der Waals surface area (Å²) in [5, 5.41) is 13.8. The van der Waals surface area contributed by atoms with Gasteiger partial charge in [-0.25, -0.2) is 4.79 Å². The maximum atomic E-state index is 11.7. The first kappa shape index (κ1) is 17.2. The summed E-state index contributed by atoms with van der Waals surface area (Å²) < 4.78 is 0. The van der Waals surface area contributed by atoms with E-state index in [1.165, 1.54) is 11.1 Å². The van der Waals surface area contributed by atoms with Crippen LogP contribution in [0, 0.1) is 5.92 Å². The number of carboxylic acid groups (broad SMARTS) is 1. The molecule has 1 heterocycles. The van der Waals surface area contributed by atoms with Gasteiger partial charge in [0.25, 0.3) is 0 Å². The Morgan fingerprint density at radius 2 is 1.92 bits per heavy atom. The number of nitrogens with one attached hydrogen (secondary N) is 1. The summed E-state index contributed by atoms with van der Waals surface area (Å²) in [5.74, 6) is -0.0362. The Morgan fingerprint density at radius 3 is 2.58 bits per heavy atom. The van der Waals surface area contributed by atoms with E-state index in [-0.39, 0.29) is 12.0 Å². The van der Waals surface area contributed by atoms with Gasteiger partial charge in [-0.15, -0.1) is 0 Å². The van der Waals surface area contributed by atoms with Crippen molar-refractivity contribution in [2.45, 2.75) is 38.1 Å². The molecule has 134 valence electrons. The van der Waals surface area contributed by atoms with Crippen molar-refractivity contribution in [3.05, 3.63) is 75.8 Å². The molecule has 4 rings (SSSR count). The molecule has 4 heteroatoms. The first-order valence-corrected chi connectivity index (χ1v) is 9.44. The summed E-state index contributed by atoms with van der Waals surface area (Å²) in [6, 6.07) is 12.1. The first-order valence-electron chi connectivity index (χ1n) is 9.06. The molecule has 0 saturated heterocycles. The minimum Gasteiger partial charge on any atom is -0.478 e. The Balaban J connectivity index is 1.80. The molecule has 2 aromatic rings. The van der Waals surface area contributed by atoms with Crippen LogP contribution in [0.4, 0.5) is 5.69 Å². The van der Waals surface area contributed by atoms with Gasteiger partial charge in [0.15, 0.2) is 0 Å². The summed E-state index contributed by atoms with van der Waals surface area (Å²) in [4.78, 5) is 11.7. The second kappa shape index (κ2) is 6.48. The second-order valence-corrected chi connectivity index (χ2v) is 7.89. The number of hydrogen-bond acceptors (Lipinski definition) is 2. The number of halogens is 1. The Bertz CT molecular complexity index is 886. The smallest absolute Gasteiger partial charge is 0.336 e. The standard InChI is InChI=1S/C22H22ClNO2/c1-12(2)13-6-8-14(9-7-13)20-16-5-3-4-15(16)19-17(22(25)26)10-11-18(23)21(19)24-20/h3-4,6-12,15-16,20,24H,5H2,1-2H3,(H,25,26)/t15?,16?,20-/m1/s1. The van der Waals surface area contributed by atoms with Crippen molar-refractivity contribution in [3.63, 3.8) is 0 Å². The third-order valence-electron chi connectivity index (χ3n) is 5.66. The van der Waals surface area contributed by atoms with Crippen molar-refractivity contribution >= 4 is 23.3 Å². The van der Waals surface area contributed by atoms with E-state index in [9.17, 15) is 9.90 Å². The monoisotopic (exact) mass is 367 g/mol. The zero-order valence-corrected chi connectivity index (χ0v) is 15.6. The topological polar surface area (TPSA) is 49.3 Å². The maximum absolute atomic E-state index is 11.7. The summed E-state index contributed by atoms with van der Waals surface area (Å²) in [6.07, 6.45) is 5.23. The van der Waals surface area contributed by atoms with Gasteiger partial charge in [-0.3, -0.25) is 0 Å². The van der Waals surface area contributed by atoms with Crippen LogP contribution in [0.5, 0.6) is 0 Å². The molecule has 2 aliphatic rings. The molecule has 0 spiro atoms. The normalized spacial score (nSPS) is 23.5. The van der Waals surface area contributed by atoms with Crippen LogP contribution in [0.1, 0.15) is 65.2 Å². The fourth-order valence-corrected chi connectivity index (χ4v) is 4.50. The van der Waals surface area contributed by atoms with Gasteiger partial charge in [0.05, 0.1) is 22.3 Å². The van der Waals surface area contributed by atoms with E-state index < -0.39 is 5.97 Å². The molecule has 1 aliphatic heterocycles. The lowest BCUT2D eigenvalue weighted by Gasteiger charge is -2.38. The number of fused-ring (bicyclic) bond motifs is 3. The minimum atomic E-state index is -0.904. The second-order valence-electron chi connectivity index (χ2n) is 7.49. The number of benzene rings is 2. The van der Waals surface area contributed by atoms with Crippen molar-refractivity contribution in [2.75, 3.05) is 5.32 Å². The van der Waals surface area contributed by atoms with Crippen LogP contribution in [0.15, 0.2) is 48.6 Å². The molecule has 0 aromatic heterocycles. The van der Waals surface area contributed by atoms with E-state index in [0.29, 0.717) is 22.4 Å². The Morgan fingerprint density at radius 1 is 1.19 bits per heavy atom. The van der Waals surface area contributed by atoms with Crippen molar-refractivity contribution in [2.24, 2.45) is 5.92 Å². The highest BCUT2D eigenvalue weighted by molar-refractivity contribution is 6.33. The molecule has 0 amide bonds. The van der Waals surface area contributed by atoms with Crippen LogP contribution in [-0.4, -0.2) is 11.1 Å². The van der Waals surface area contributed by atoms with E-state index in [1.54, 1.807) is 12.1 Å². The average Bonchev–Trinajstić information content (AvgIpc) is 3.11. The van der Waals surface area contributed by atoms with E-state index in [0.717, 1.165) is 17.7 Å². The van der Waals surface area contributed by atoms with Gasteiger partial charge in [-0.2, -0.15) is 0 Å². The van der Waals surface area contributed by atoms with E-state index in [4.69, 9.17) is 11.6 Å². The highest BCUT2D eigenvalue weighted by Gasteiger charge is 2.40. The van der Waals surface area contributed by atoms with Crippen molar-refractivity contribution in [3.8, 4) is 0 Å². The van der Waals surface area contributed by atoms with Gasteiger partial charge in [0.1, 0.15) is 0 Å².